The maximum absolute atomic E-state index is 10.1. The van der Waals surface area contributed by atoms with E-state index in [-0.39, 0.29) is 0 Å². The van der Waals surface area contributed by atoms with Gasteiger partial charge in [-0.1, -0.05) is 0 Å². The van der Waals surface area contributed by atoms with Crippen LogP contribution in [0.1, 0.15) is 32.1 Å². The van der Waals surface area contributed by atoms with Crippen molar-refractivity contribution in [3.63, 3.8) is 0 Å². The Morgan fingerprint density at radius 2 is 2.12 bits per heavy atom. The zero-order valence-electron chi connectivity index (χ0n) is 9.65. The van der Waals surface area contributed by atoms with E-state index < -0.39 is 6.10 Å². The van der Waals surface area contributed by atoms with Crippen LogP contribution in [0, 0.1) is 20.8 Å². The number of thiophene rings is 1. The monoisotopic (exact) mass is 253 g/mol. The molecule has 1 atom stereocenters. The lowest BCUT2D eigenvalue weighted by Gasteiger charge is -2.08. The Balaban J connectivity index is 2.14. The van der Waals surface area contributed by atoms with Gasteiger partial charge in [0.1, 0.15) is 0 Å². The number of aryl methyl sites for hydroxylation is 3. The average Bonchev–Trinajstić information content (AvgIpc) is 2.73. The SMILES string of the molecule is Cc1cc(C(O)Cc2csc(C)n2)c(C)s1. The first-order valence-electron chi connectivity index (χ1n) is 5.22. The number of aliphatic hydroxyl groups excluding tert-OH is 1. The van der Waals surface area contributed by atoms with Gasteiger partial charge in [-0.3, -0.25) is 0 Å². The third-order valence-electron chi connectivity index (χ3n) is 2.51. The van der Waals surface area contributed by atoms with Crippen molar-refractivity contribution in [2.75, 3.05) is 0 Å². The van der Waals surface area contributed by atoms with Crippen molar-refractivity contribution in [2.24, 2.45) is 0 Å². The molecule has 0 spiro atoms. The van der Waals surface area contributed by atoms with Crippen LogP contribution >= 0.6 is 22.7 Å². The summed E-state index contributed by atoms with van der Waals surface area (Å²) >= 11 is 3.37. The average molecular weight is 253 g/mol. The molecule has 0 radical (unpaired) electrons. The second kappa shape index (κ2) is 4.65. The van der Waals surface area contributed by atoms with Gasteiger partial charge in [0.25, 0.3) is 0 Å². The van der Waals surface area contributed by atoms with Crippen molar-refractivity contribution in [1.82, 2.24) is 4.98 Å². The molecule has 2 rings (SSSR count). The fourth-order valence-electron chi connectivity index (χ4n) is 1.79. The molecule has 0 fully saturated rings. The molecule has 4 heteroatoms. The maximum Gasteiger partial charge on any atom is 0.0897 e. The van der Waals surface area contributed by atoms with E-state index in [0.29, 0.717) is 6.42 Å². The van der Waals surface area contributed by atoms with E-state index in [1.807, 2.05) is 12.3 Å². The van der Waals surface area contributed by atoms with E-state index in [9.17, 15) is 5.11 Å². The number of aliphatic hydroxyl groups is 1. The van der Waals surface area contributed by atoms with Gasteiger partial charge in [-0.15, -0.1) is 22.7 Å². The summed E-state index contributed by atoms with van der Waals surface area (Å²) in [4.78, 5) is 6.83. The summed E-state index contributed by atoms with van der Waals surface area (Å²) < 4.78 is 0. The molecule has 0 amide bonds. The van der Waals surface area contributed by atoms with Gasteiger partial charge < -0.3 is 5.11 Å². The standard InChI is InChI=1S/C12H15NOS2/c1-7-4-11(8(2)16-7)12(14)5-10-6-15-9(3)13-10/h4,6,12,14H,5H2,1-3H3. The van der Waals surface area contributed by atoms with Crippen LogP contribution in [-0.2, 0) is 6.42 Å². The van der Waals surface area contributed by atoms with Crippen LogP contribution in [0.15, 0.2) is 11.4 Å². The highest BCUT2D eigenvalue weighted by atomic mass is 32.1. The van der Waals surface area contributed by atoms with Crippen molar-refractivity contribution in [3.8, 4) is 0 Å². The molecule has 16 heavy (non-hydrogen) atoms. The van der Waals surface area contributed by atoms with E-state index in [1.165, 1.54) is 9.75 Å². The summed E-state index contributed by atoms with van der Waals surface area (Å²) in [6, 6.07) is 2.07. The normalized spacial score (nSPS) is 13.0. The summed E-state index contributed by atoms with van der Waals surface area (Å²) in [5, 5.41) is 13.2. The molecule has 0 bridgehead atoms. The van der Waals surface area contributed by atoms with Gasteiger partial charge in [-0.05, 0) is 32.4 Å². The second-order valence-electron chi connectivity index (χ2n) is 3.95. The highest BCUT2D eigenvalue weighted by Crippen LogP contribution is 2.28. The van der Waals surface area contributed by atoms with Crippen LogP contribution in [0.4, 0.5) is 0 Å². The van der Waals surface area contributed by atoms with E-state index >= 15 is 0 Å². The predicted molar refractivity (Wildman–Crippen MR) is 69.3 cm³/mol. The number of thiazole rings is 1. The van der Waals surface area contributed by atoms with Crippen molar-refractivity contribution in [2.45, 2.75) is 33.3 Å². The summed E-state index contributed by atoms with van der Waals surface area (Å²) in [5.41, 5.74) is 2.03. The third kappa shape index (κ3) is 2.51. The van der Waals surface area contributed by atoms with Crippen molar-refractivity contribution < 1.29 is 5.11 Å². The van der Waals surface area contributed by atoms with Crippen molar-refractivity contribution in [3.05, 3.63) is 37.5 Å². The number of hydrogen-bond acceptors (Lipinski definition) is 4. The molecule has 0 saturated heterocycles. The molecule has 1 N–H and O–H groups in total. The van der Waals surface area contributed by atoms with E-state index in [0.717, 1.165) is 16.3 Å². The summed E-state index contributed by atoms with van der Waals surface area (Å²) in [6.45, 7) is 6.12. The Kier molecular flexibility index (Phi) is 3.42. The smallest absolute Gasteiger partial charge is 0.0897 e. The minimum Gasteiger partial charge on any atom is -0.388 e. The molecule has 0 aliphatic rings. The fraction of sp³-hybridized carbons (Fsp3) is 0.417. The molecule has 1 unspecified atom stereocenters. The molecule has 0 aliphatic heterocycles. The summed E-state index contributed by atoms with van der Waals surface area (Å²) in [5.74, 6) is 0. The number of hydrogen-bond donors (Lipinski definition) is 1. The molecule has 0 aliphatic carbocycles. The van der Waals surface area contributed by atoms with E-state index in [4.69, 9.17) is 0 Å². The van der Waals surface area contributed by atoms with Gasteiger partial charge in [0.15, 0.2) is 0 Å². The van der Waals surface area contributed by atoms with Gasteiger partial charge in [0, 0.05) is 21.6 Å². The van der Waals surface area contributed by atoms with Crippen molar-refractivity contribution in [1.29, 1.82) is 0 Å². The fourth-order valence-corrected chi connectivity index (χ4v) is 3.40. The van der Waals surface area contributed by atoms with Crippen LogP contribution < -0.4 is 0 Å². The first-order chi connectivity index (χ1) is 7.56. The van der Waals surface area contributed by atoms with Crippen LogP contribution in [0.3, 0.4) is 0 Å². The minimum atomic E-state index is -0.425. The Hall–Kier alpha value is -0.710. The molecular weight excluding hydrogens is 238 g/mol. The lowest BCUT2D eigenvalue weighted by atomic mass is 10.1. The Labute approximate surface area is 104 Å². The molecule has 0 aromatic carbocycles. The Morgan fingerprint density at radius 1 is 1.38 bits per heavy atom. The molecule has 86 valence electrons. The maximum atomic E-state index is 10.1. The van der Waals surface area contributed by atoms with Crippen molar-refractivity contribution >= 4 is 22.7 Å². The molecule has 2 aromatic rings. The third-order valence-corrected chi connectivity index (χ3v) is 4.31. The molecular formula is C12H15NOS2. The predicted octanol–water partition coefficient (Wildman–Crippen LogP) is 3.41. The van der Waals surface area contributed by atoms with Gasteiger partial charge in [0.05, 0.1) is 16.8 Å². The first-order valence-corrected chi connectivity index (χ1v) is 6.92. The highest BCUT2D eigenvalue weighted by molar-refractivity contribution is 7.12. The summed E-state index contributed by atoms with van der Waals surface area (Å²) in [6.07, 6.45) is 0.188. The quantitative estimate of drug-likeness (QED) is 0.909. The van der Waals surface area contributed by atoms with E-state index in [1.54, 1.807) is 22.7 Å². The molecule has 2 aromatic heterocycles. The molecule has 2 heterocycles. The zero-order valence-corrected chi connectivity index (χ0v) is 11.3. The lowest BCUT2D eigenvalue weighted by Crippen LogP contribution is -2.02. The minimum absolute atomic E-state index is 0.425. The second-order valence-corrected chi connectivity index (χ2v) is 6.47. The molecule has 0 saturated carbocycles. The number of rotatable bonds is 3. The topological polar surface area (TPSA) is 33.1 Å². The van der Waals surface area contributed by atoms with E-state index in [2.05, 4.69) is 24.9 Å². The first kappa shape index (κ1) is 11.8. The van der Waals surface area contributed by atoms with Crippen LogP contribution in [0.25, 0.3) is 0 Å². The number of nitrogens with zero attached hydrogens (tertiary/aromatic N) is 1. The van der Waals surface area contributed by atoms with Crippen LogP contribution in [0.2, 0.25) is 0 Å². The summed E-state index contributed by atoms with van der Waals surface area (Å²) in [7, 11) is 0. The van der Waals surface area contributed by atoms with Gasteiger partial charge >= 0.3 is 0 Å². The highest BCUT2D eigenvalue weighted by Gasteiger charge is 2.14. The van der Waals surface area contributed by atoms with Crippen LogP contribution in [-0.4, -0.2) is 10.1 Å². The van der Waals surface area contributed by atoms with Crippen LogP contribution in [0.5, 0.6) is 0 Å². The largest absolute Gasteiger partial charge is 0.388 e. The van der Waals surface area contributed by atoms with Gasteiger partial charge in [-0.25, -0.2) is 4.98 Å². The lowest BCUT2D eigenvalue weighted by molar-refractivity contribution is 0.177. The number of aromatic nitrogens is 1. The Bertz CT molecular complexity index is 487. The zero-order chi connectivity index (χ0) is 11.7. The Morgan fingerprint density at radius 3 is 2.62 bits per heavy atom. The molecule has 2 nitrogen and oxygen atoms in total. The van der Waals surface area contributed by atoms with Gasteiger partial charge in [-0.2, -0.15) is 0 Å². The van der Waals surface area contributed by atoms with Gasteiger partial charge in [0.2, 0.25) is 0 Å².